The molecule has 0 saturated heterocycles. The van der Waals surface area contributed by atoms with E-state index >= 15 is 0 Å². The zero-order valence-corrected chi connectivity index (χ0v) is 30.3. The van der Waals surface area contributed by atoms with E-state index in [2.05, 4.69) is 170 Å². The number of hydrogen-bond acceptors (Lipinski definition) is 3. The Morgan fingerprint density at radius 3 is 1.55 bits per heavy atom. The van der Waals surface area contributed by atoms with Crippen LogP contribution >= 0.6 is 0 Å². The van der Waals surface area contributed by atoms with E-state index in [9.17, 15) is 0 Å². The van der Waals surface area contributed by atoms with Crippen LogP contribution in [-0.4, -0.2) is 9.97 Å². The second kappa shape index (κ2) is 11.8. The van der Waals surface area contributed by atoms with Gasteiger partial charge in [0.1, 0.15) is 11.2 Å². The van der Waals surface area contributed by atoms with Crippen LogP contribution < -0.4 is 0 Å². The number of hydrogen-bond donors (Lipinski definition) is 0. The lowest BCUT2D eigenvalue weighted by Crippen LogP contribution is -2.29. The standard InChI is InChI=1S/C53H32N2O/c1-2-15-33(16-3-1)47-32-48(40-23-14-28-50-51(40)41-22-9-13-27-49(41)56-50)55-52(54-47)34-29-30-46-42(31-34)39-21-8-12-26-45(39)53(46)43-24-10-6-19-37(43)35-17-4-5-18-36(35)38-20-7-11-25-44(38)53/h1-32H. The molecule has 2 aliphatic carbocycles. The van der Waals surface area contributed by atoms with Crippen molar-refractivity contribution in [2.24, 2.45) is 0 Å². The molecule has 2 aromatic heterocycles. The Morgan fingerprint density at radius 2 is 0.857 bits per heavy atom. The summed E-state index contributed by atoms with van der Waals surface area (Å²) in [5.41, 5.74) is 18.5. The maximum atomic E-state index is 6.32. The Morgan fingerprint density at radius 1 is 0.339 bits per heavy atom. The van der Waals surface area contributed by atoms with E-state index in [1.165, 1.54) is 55.6 Å². The Kier molecular flexibility index (Phi) is 6.55. The van der Waals surface area contributed by atoms with Crippen LogP contribution in [0.25, 0.3) is 89.2 Å². The molecule has 260 valence electrons. The number of nitrogens with zero attached hydrogens (tertiary/aromatic N) is 2. The van der Waals surface area contributed by atoms with Gasteiger partial charge in [-0.25, -0.2) is 9.97 Å². The largest absolute Gasteiger partial charge is 0.456 e. The fourth-order valence-electron chi connectivity index (χ4n) is 9.65. The van der Waals surface area contributed by atoms with E-state index in [1.807, 2.05) is 24.3 Å². The number of benzene rings is 8. The molecule has 1 spiro atoms. The second-order valence-corrected chi connectivity index (χ2v) is 14.8. The number of fused-ring (bicyclic) bond motifs is 15. The van der Waals surface area contributed by atoms with Crippen molar-refractivity contribution in [1.29, 1.82) is 0 Å². The molecule has 0 amide bonds. The molecule has 2 heterocycles. The summed E-state index contributed by atoms with van der Waals surface area (Å²) in [5, 5.41) is 2.13. The van der Waals surface area contributed by atoms with Crippen molar-refractivity contribution in [2.45, 2.75) is 5.41 Å². The molecular weight excluding hydrogens is 681 g/mol. The molecule has 2 aliphatic rings. The van der Waals surface area contributed by atoms with Crippen molar-refractivity contribution in [1.82, 2.24) is 9.97 Å². The molecular formula is C53H32N2O. The number of aromatic nitrogens is 2. The molecule has 0 atom stereocenters. The van der Waals surface area contributed by atoms with Crippen LogP contribution in [0.3, 0.4) is 0 Å². The summed E-state index contributed by atoms with van der Waals surface area (Å²) >= 11 is 0. The van der Waals surface area contributed by atoms with Crippen LogP contribution in [0.5, 0.6) is 0 Å². The number of para-hydroxylation sites is 1. The van der Waals surface area contributed by atoms with Crippen molar-refractivity contribution in [3.05, 3.63) is 216 Å². The van der Waals surface area contributed by atoms with E-state index in [-0.39, 0.29) is 0 Å². The van der Waals surface area contributed by atoms with Crippen molar-refractivity contribution < 1.29 is 4.42 Å². The Hall–Kier alpha value is -7.36. The average Bonchev–Trinajstić information content (AvgIpc) is 3.77. The maximum absolute atomic E-state index is 6.32. The van der Waals surface area contributed by atoms with E-state index < -0.39 is 5.41 Å². The zero-order chi connectivity index (χ0) is 36.8. The zero-order valence-electron chi connectivity index (χ0n) is 30.3. The second-order valence-electron chi connectivity index (χ2n) is 14.8. The van der Waals surface area contributed by atoms with Gasteiger partial charge in [0.05, 0.1) is 16.8 Å². The summed E-state index contributed by atoms with van der Waals surface area (Å²) in [5.74, 6) is 0.682. The predicted molar refractivity (Wildman–Crippen MR) is 227 cm³/mol. The first-order chi connectivity index (χ1) is 27.8. The highest BCUT2D eigenvalue weighted by molar-refractivity contribution is 6.12. The maximum Gasteiger partial charge on any atom is 0.160 e. The van der Waals surface area contributed by atoms with Crippen LogP contribution in [0.15, 0.2) is 199 Å². The van der Waals surface area contributed by atoms with Gasteiger partial charge in [-0.2, -0.15) is 0 Å². The molecule has 10 aromatic rings. The molecule has 3 nitrogen and oxygen atoms in total. The normalized spacial score (nSPS) is 13.1. The van der Waals surface area contributed by atoms with E-state index in [0.717, 1.165) is 50.0 Å². The molecule has 0 unspecified atom stereocenters. The summed E-state index contributed by atoms with van der Waals surface area (Å²) in [7, 11) is 0. The van der Waals surface area contributed by atoms with Crippen LogP contribution in [0.1, 0.15) is 22.3 Å². The van der Waals surface area contributed by atoms with Gasteiger partial charge in [0.2, 0.25) is 0 Å². The molecule has 0 radical (unpaired) electrons. The van der Waals surface area contributed by atoms with Crippen LogP contribution in [-0.2, 0) is 5.41 Å². The third-order valence-corrected chi connectivity index (χ3v) is 11.9. The van der Waals surface area contributed by atoms with Crippen molar-refractivity contribution >= 4 is 21.9 Å². The van der Waals surface area contributed by atoms with Gasteiger partial charge in [-0.1, -0.05) is 170 Å². The highest BCUT2D eigenvalue weighted by Crippen LogP contribution is 2.61. The highest BCUT2D eigenvalue weighted by atomic mass is 16.3. The monoisotopic (exact) mass is 712 g/mol. The summed E-state index contributed by atoms with van der Waals surface area (Å²) in [6.45, 7) is 0. The van der Waals surface area contributed by atoms with Crippen molar-refractivity contribution in [3.8, 4) is 67.3 Å². The lowest BCUT2D eigenvalue weighted by atomic mass is 9.66. The molecule has 3 heteroatoms. The van der Waals surface area contributed by atoms with E-state index in [0.29, 0.717) is 5.82 Å². The van der Waals surface area contributed by atoms with Gasteiger partial charge in [-0.05, 0) is 79.9 Å². The summed E-state index contributed by atoms with van der Waals surface area (Å²) < 4.78 is 6.32. The minimum Gasteiger partial charge on any atom is -0.456 e. The highest BCUT2D eigenvalue weighted by Gasteiger charge is 2.49. The minimum atomic E-state index is -0.535. The summed E-state index contributed by atoms with van der Waals surface area (Å²) in [6, 6.07) is 69.7. The molecule has 0 N–H and O–H groups in total. The van der Waals surface area contributed by atoms with Gasteiger partial charge in [-0.15, -0.1) is 0 Å². The predicted octanol–water partition coefficient (Wildman–Crippen LogP) is 13.4. The summed E-state index contributed by atoms with van der Waals surface area (Å²) in [6.07, 6.45) is 0. The molecule has 12 rings (SSSR count). The van der Waals surface area contributed by atoms with E-state index in [1.54, 1.807) is 0 Å². The van der Waals surface area contributed by atoms with Gasteiger partial charge in [0.15, 0.2) is 5.82 Å². The SMILES string of the molecule is c1ccc(-c2cc(-c3cccc4oc5ccccc5c34)nc(-c3ccc4c(c3)-c3ccccc3C43c4ccccc4-c4ccccc4-c4ccccc43)n2)cc1. The fourth-order valence-corrected chi connectivity index (χ4v) is 9.65. The number of rotatable bonds is 3. The van der Waals surface area contributed by atoms with Gasteiger partial charge >= 0.3 is 0 Å². The molecule has 0 bridgehead atoms. The first-order valence-electron chi connectivity index (χ1n) is 19.2. The lowest BCUT2D eigenvalue weighted by molar-refractivity contribution is 0.669. The van der Waals surface area contributed by atoms with Crippen molar-refractivity contribution in [3.63, 3.8) is 0 Å². The fraction of sp³-hybridized carbons (Fsp3) is 0.0189. The Balaban J connectivity index is 1.13. The first kappa shape index (κ1) is 31.0. The molecule has 0 aliphatic heterocycles. The average molecular weight is 713 g/mol. The molecule has 56 heavy (non-hydrogen) atoms. The Bertz CT molecular complexity index is 3140. The molecule has 0 saturated carbocycles. The van der Waals surface area contributed by atoms with Crippen molar-refractivity contribution in [2.75, 3.05) is 0 Å². The molecule has 8 aromatic carbocycles. The minimum absolute atomic E-state index is 0.535. The van der Waals surface area contributed by atoms with Crippen LogP contribution in [0, 0.1) is 0 Å². The van der Waals surface area contributed by atoms with Gasteiger partial charge in [0, 0.05) is 27.5 Å². The third kappa shape index (κ3) is 4.28. The van der Waals surface area contributed by atoms with Gasteiger partial charge in [-0.3, -0.25) is 0 Å². The summed E-state index contributed by atoms with van der Waals surface area (Å²) in [4.78, 5) is 10.7. The van der Waals surface area contributed by atoms with Gasteiger partial charge < -0.3 is 4.42 Å². The van der Waals surface area contributed by atoms with Crippen LogP contribution in [0.4, 0.5) is 0 Å². The third-order valence-electron chi connectivity index (χ3n) is 11.9. The lowest BCUT2D eigenvalue weighted by Gasteiger charge is -2.35. The Labute approximate surface area is 324 Å². The quantitative estimate of drug-likeness (QED) is 0.183. The topological polar surface area (TPSA) is 38.9 Å². The van der Waals surface area contributed by atoms with E-state index in [4.69, 9.17) is 14.4 Å². The first-order valence-corrected chi connectivity index (χ1v) is 19.2. The molecule has 0 fully saturated rings. The number of furan rings is 1. The van der Waals surface area contributed by atoms with Crippen LogP contribution in [0.2, 0.25) is 0 Å². The van der Waals surface area contributed by atoms with Gasteiger partial charge in [0.25, 0.3) is 0 Å². The smallest absolute Gasteiger partial charge is 0.160 e.